The summed E-state index contributed by atoms with van der Waals surface area (Å²) in [5.41, 5.74) is 0.503. The van der Waals surface area contributed by atoms with E-state index in [1.165, 1.54) is 12.1 Å². The van der Waals surface area contributed by atoms with Crippen molar-refractivity contribution in [1.29, 1.82) is 0 Å². The number of rotatable bonds is 3. The Kier molecular flexibility index (Phi) is 2.49. The van der Waals surface area contributed by atoms with E-state index in [2.05, 4.69) is 4.98 Å². The Labute approximate surface area is 86.8 Å². The largest absolute Gasteiger partial charge is 0.508 e. The molecule has 0 radical (unpaired) electrons. The number of phenols is 1. The lowest BCUT2D eigenvalue weighted by Crippen LogP contribution is -2.08. The molecule has 0 amide bonds. The normalized spacial score (nSPS) is 10.1. The molecule has 0 aliphatic heterocycles. The number of aromatic nitrogens is 2. The minimum absolute atomic E-state index is 0.0519. The SMILES string of the molecule is O=C(Cn1ccnc1)c1cccc(O)c1. The first-order valence-corrected chi connectivity index (χ1v) is 4.54. The first-order chi connectivity index (χ1) is 7.25. The highest BCUT2D eigenvalue weighted by Gasteiger charge is 2.06. The third-order valence-corrected chi connectivity index (χ3v) is 2.05. The first kappa shape index (κ1) is 9.45. The molecule has 0 saturated carbocycles. The van der Waals surface area contributed by atoms with E-state index < -0.39 is 0 Å². The van der Waals surface area contributed by atoms with Crippen molar-refractivity contribution in [1.82, 2.24) is 9.55 Å². The predicted octanol–water partition coefficient (Wildman–Crippen LogP) is 1.47. The zero-order valence-electron chi connectivity index (χ0n) is 8.00. The zero-order valence-corrected chi connectivity index (χ0v) is 8.00. The van der Waals surface area contributed by atoms with Crippen molar-refractivity contribution in [2.75, 3.05) is 0 Å². The zero-order chi connectivity index (χ0) is 10.7. The maximum atomic E-state index is 11.7. The Hall–Kier alpha value is -2.10. The van der Waals surface area contributed by atoms with Gasteiger partial charge in [0.2, 0.25) is 0 Å². The maximum Gasteiger partial charge on any atom is 0.182 e. The minimum Gasteiger partial charge on any atom is -0.508 e. The number of Topliss-reactive ketones (excluding diaryl/α,β-unsaturated/α-hetero) is 1. The monoisotopic (exact) mass is 202 g/mol. The number of hydrogen-bond acceptors (Lipinski definition) is 3. The van der Waals surface area contributed by atoms with Gasteiger partial charge in [0.15, 0.2) is 5.78 Å². The molecule has 0 aliphatic rings. The van der Waals surface area contributed by atoms with Crippen LogP contribution in [0.5, 0.6) is 5.75 Å². The molecular formula is C11H10N2O2. The Morgan fingerprint density at radius 3 is 3.00 bits per heavy atom. The van der Waals surface area contributed by atoms with E-state index in [0.717, 1.165) is 0 Å². The molecule has 4 nitrogen and oxygen atoms in total. The van der Waals surface area contributed by atoms with Gasteiger partial charge in [-0.25, -0.2) is 4.98 Å². The van der Waals surface area contributed by atoms with Crippen LogP contribution in [0.2, 0.25) is 0 Å². The van der Waals surface area contributed by atoms with E-state index in [-0.39, 0.29) is 18.1 Å². The van der Waals surface area contributed by atoms with Crippen LogP contribution >= 0.6 is 0 Å². The maximum absolute atomic E-state index is 11.7. The number of imidazole rings is 1. The van der Waals surface area contributed by atoms with E-state index in [9.17, 15) is 9.90 Å². The molecule has 15 heavy (non-hydrogen) atoms. The first-order valence-electron chi connectivity index (χ1n) is 4.54. The predicted molar refractivity (Wildman–Crippen MR) is 54.7 cm³/mol. The van der Waals surface area contributed by atoms with Gasteiger partial charge in [-0.05, 0) is 12.1 Å². The number of carbonyl (C=O) groups is 1. The quantitative estimate of drug-likeness (QED) is 0.767. The van der Waals surface area contributed by atoms with Crippen LogP contribution in [0.3, 0.4) is 0 Å². The molecule has 1 heterocycles. The van der Waals surface area contributed by atoms with Gasteiger partial charge >= 0.3 is 0 Å². The number of aromatic hydroxyl groups is 1. The van der Waals surface area contributed by atoms with Gasteiger partial charge in [-0.2, -0.15) is 0 Å². The van der Waals surface area contributed by atoms with Crippen molar-refractivity contribution in [2.45, 2.75) is 6.54 Å². The van der Waals surface area contributed by atoms with Crippen LogP contribution < -0.4 is 0 Å². The van der Waals surface area contributed by atoms with Crippen molar-refractivity contribution in [2.24, 2.45) is 0 Å². The van der Waals surface area contributed by atoms with Gasteiger partial charge < -0.3 is 9.67 Å². The fourth-order valence-electron chi connectivity index (χ4n) is 1.32. The summed E-state index contributed by atoms with van der Waals surface area (Å²) in [5.74, 6) is 0.0513. The van der Waals surface area contributed by atoms with E-state index >= 15 is 0 Å². The van der Waals surface area contributed by atoms with E-state index in [1.54, 1.807) is 35.4 Å². The summed E-state index contributed by atoms with van der Waals surface area (Å²) < 4.78 is 1.69. The molecule has 0 spiro atoms. The fourth-order valence-corrected chi connectivity index (χ4v) is 1.32. The molecular weight excluding hydrogens is 192 g/mol. The second-order valence-electron chi connectivity index (χ2n) is 3.21. The minimum atomic E-state index is -0.0519. The number of nitrogens with zero attached hydrogens (tertiary/aromatic N) is 2. The van der Waals surface area contributed by atoms with E-state index in [0.29, 0.717) is 5.56 Å². The van der Waals surface area contributed by atoms with Crippen LogP contribution in [0.1, 0.15) is 10.4 Å². The Bertz CT molecular complexity index is 463. The van der Waals surface area contributed by atoms with E-state index in [1.807, 2.05) is 0 Å². The summed E-state index contributed by atoms with van der Waals surface area (Å²) in [7, 11) is 0. The molecule has 0 atom stereocenters. The molecule has 4 heteroatoms. The average Bonchev–Trinajstić information content (AvgIpc) is 2.70. The van der Waals surface area contributed by atoms with Crippen molar-refractivity contribution < 1.29 is 9.90 Å². The molecule has 1 aromatic carbocycles. The van der Waals surface area contributed by atoms with Crippen LogP contribution in [-0.2, 0) is 6.54 Å². The molecule has 2 aromatic rings. The van der Waals surface area contributed by atoms with Crippen LogP contribution in [-0.4, -0.2) is 20.4 Å². The van der Waals surface area contributed by atoms with Crippen molar-refractivity contribution in [3.05, 3.63) is 48.5 Å². The summed E-state index contributed by atoms with van der Waals surface area (Å²) in [6.07, 6.45) is 4.93. The summed E-state index contributed by atoms with van der Waals surface area (Å²) >= 11 is 0. The standard InChI is InChI=1S/C11H10N2O2/c14-10-3-1-2-9(6-10)11(15)7-13-5-4-12-8-13/h1-6,8,14H,7H2. The Morgan fingerprint density at radius 1 is 1.47 bits per heavy atom. The van der Waals surface area contributed by atoms with Gasteiger partial charge in [0.25, 0.3) is 0 Å². The highest BCUT2D eigenvalue weighted by molar-refractivity contribution is 5.96. The number of benzene rings is 1. The molecule has 76 valence electrons. The summed E-state index contributed by atoms with van der Waals surface area (Å²) in [5, 5.41) is 9.22. The van der Waals surface area contributed by atoms with Gasteiger partial charge in [0.05, 0.1) is 12.9 Å². The average molecular weight is 202 g/mol. The van der Waals surface area contributed by atoms with E-state index in [4.69, 9.17) is 0 Å². The van der Waals surface area contributed by atoms with Gasteiger partial charge in [-0.1, -0.05) is 12.1 Å². The number of hydrogen-bond donors (Lipinski definition) is 1. The lowest BCUT2D eigenvalue weighted by molar-refractivity contribution is 0.0971. The highest BCUT2D eigenvalue weighted by atomic mass is 16.3. The molecule has 0 bridgehead atoms. The second kappa shape index (κ2) is 3.96. The van der Waals surface area contributed by atoms with Crippen LogP contribution in [0.25, 0.3) is 0 Å². The van der Waals surface area contributed by atoms with Crippen molar-refractivity contribution >= 4 is 5.78 Å². The Morgan fingerprint density at radius 2 is 2.33 bits per heavy atom. The summed E-state index contributed by atoms with van der Waals surface area (Å²) in [6, 6.07) is 6.32. The van der Waals surface area contributed by atoms with Crippen LogP contribution in [0.4, 0.5) is 0 Å². The summed E-state index contributed by atoms with van der Waals surface area (Å²) in [4.78, 5) is 15.6. The van der Waals surface area contributed by atoms with Gasteiger partial charge in [-0.3, -0.25) is 4.79 Å². The fraction of sp³-hybridized carbons (Fsp3) is 0.0909. The third kappa shape index (κ3) is 2.22. The molecule has 0 aliphatic carbocycles. The van der Waals surface area contributed by atoms with Gasteiger partial charge in [0.1, 0.15) is 5.75 Å². The topological polar surface area (TPSA) is 55.1 Å². The lowest BCUT2D eigenvalue weighted by atomic mass is 10.1. The molecule has 2 rings (SSSR count). The van der Waals surface area contributed by atoms with Crippen molar-refractivity contribution in [3.8, 4) is 5.75 Å². The summed E-state index contributed by atoms with van der Waals surface area (Å²) in [6.45, 7) is 0.240. The smallest absolute Gasteiger partial charge is 0.182 e. The molecule has 0 saturated heterocycles. The molecule has 1 N–H and O–H groups in total. The lowest BCUT2D eigenvalue weighted by Gasteiger charge is -2.02. The van der Waals surface area contributed by atoms with Crippen LogP contribution in [0, 0.1) is 0 Å². The highest BCUT2D eigenvalue weighted by Crippen LogP contribution is 2.11. The number of ketones is 1. The van der Waals surface area contributed by atoms with Gasteiger partial charge in [0, 0.05) is 18.0 Å². The number of carbonyl (C=O) groups excluding carboxylic acids is 1. The van der Waals surface area contributed by atoms with Gasteiger partial charge in [-0.15, -0.1) is 0 Å². The Balaban J connectivity index is 2.15. The van der Waals surface area contributed by atoms with Crippen LogP contribution in [0.15, 0.2) is 43.0 Å². The van der Waals surface area contributed by atoms with Crippen molar-refractivity contribution in [3.63, 3.8) is 0 Å². The number of phenolic OH excluding ortho intramolecular Hbond substituents is 1. The molecule has 0 unspecified atom stereocenters. The second-order valence-corrected chi connectivity index (χ2v) is 3.21. The third-order valence-electron chi connectivity index (χ3n) is 2.05. The molecule has 1 aromatic heterocycles. The molecule has 0 fully saturated rings.